The standard InChI is InChI=1S/C13H24/c1-3-13-9-5-8-12(13)7-4-6-11(2)10-13/h11-12H,3-10H2,1-2H3/t11-,12?,13-/m0/s1. The van der Waals surface area contributed by atoms with Crippen LogP contribution in [0, 0.1) is 17.3 Å². The summed E-state index contributed by atoms with van der Waals surface area (Å²) in [5.41, 5.74) is 0.788. The minimum absolute atomic E-state index is 0.788. The van der Waals surface area contributed by atoms with E-state index >= 15 is 0 Å². The summed E-state index contributed by atoms with van der Waals surface area (Å²) < 4.78 is 0. The van der Waals surface area contributed by atoms with E-state index in [0.717, 1.165) is 17.3 Å². The van der Waals surface area contributed by atoms with Crippen LogP contribution in [0.15, 0.2) is 0 Å². The van der Waals surface area contributed by atoms with Crippen LogP contribution in [0.25, 0.3) is 0 Å². The lowest BCUT2D eigenvalue weighted by Crippen LogP contribution is -2.25. The molecule has 2 saturated carbocycles. The fraction of sp³-hybridized carbons (Fsp3) is 1.00. The van der Waals surface area contributed by atoms with Crippen molar-refractivity contribution in [3.8, 4) is 0 Å². The molecule has 0 aromatic heterocycles. The molecule has 13 heavy (non-hydrogen) atoms. The zero-order valence-electron chi connectivity index (χ0n) is 9.31. The van der Waals surface area contributed by atoms with Gasteiger partial charge in [0.05, 0.1) is 0 Å². The molecule has 0 N–H and O–H groups in total. The third-order valence-corrected chi connectivity index (χ3v) is 4.80. The summed E-state index contributed by atoms with van der Waals surface area (Å²) in [6, 6.07) is 0. The predicted molar refractivity (Wildman–Crippen MR) is 57.7 cm³/mol. The van der Waals surface area contributed by atoms with Crippen LogP contribution >= 0.6 is 0 Å². The van der Waals surface area contributed by atoms with Crippen molar-refractivity contribution in [3.63, 3.8) is 0 Å². The van der Waals surface area contributed by atoms with Crippen LogP contribution in [0.4, 0.5) is 0 Å². The molecule has 0 radical (unpaired) electrons. The first kappa shape index (κ1) is 9.55. The monoisotopic (exact) mass is 180 g/mol. The Balaban J connectivity index is 2.14. The second-order valence-corrected chi connectivity index (χ2v) is 5.55. The average molecular weight is 180 g/mol. The Labute approximate surface area is 83.1 Å². The summed E-state index contributed by atoms with van der Waals surface area (Å²) >= 11 is 0. The maximum atomic E-state index is 2.47. The Morgan fingerprint density at radius 1 is 1.15 bits per heavy atom. The lowest BCUT2D eigenvalue weighted by atomic mass is 9.71. The molecule has 0 aliphatic heterocycles. The average Bonchev–Trinajstić information content (AvgIpc) is 2.43. The van der Waals surface area contributed by atoms with Crippen LogP contribution in [0.2, 0.25) is 0 Å². The molecule has 76 valence electrons. The molecule has 0 bridgehead atoms. The van der Waals surface area contributed by atoms with Crippen LogP contribution in [-0.2, 0) is 0 Å². The molecule has 0 aromatic rings. The summed E-state index contributed by atoms with van der Waals surface area (Å²) in [4.78, 5) is 0. The maximum Gasteiger partial charge on any atom is -0.0269 e. The Kier molecular flexibility index (Phi) is 2.67. The van der Waals surface area contributed by atoms with Crippen LogP contribution < -0.4 is 0 Å². The van der Waals surface area contributed by atoms with E-state index in [1.807, 2.05) is 0 Å². The van der Waals surface area contributed by atoms with Gasteiger partial charge >= 0.3 is 0 Å². The molecule has 1 unspecified atom stereocenters. The van der Waals surface area contributed by atoms with Crippen molar-refractivity contribution in [2.75, 3.05) is 0 Å². The fourth-order valence-electron chi connectivity index (χ4n) is 4.05. The molecule has 0 aromatic carbocycles. The SMILES string of the molecule is CC[C@@]12CCCC1CCC[C@H](C)C2. The van der Waals surface area contributed by atoms with E-state index in [-0.39, 0.29) is 0 Å². The van der Waals surface area contributed by atoms with Gasteiger partial charge in [0.2, 0.25) is 0 Å². The van der Waals surface area contributed by atoms with Gasteiger partial charge < -0.3 is 0 Å². The van der Waals surface area contributed by atoms with Crippen molar-refractivity contribution in [1.82, 2.24) is 0 Å². The highest BCUT2D eigenvalue weighted by Crippen LogP contribution is 2.54. The van der Waals surface area contributed by atoms with Gasteiger partial charge in [-0.2, -0.15) is 0 Å². The third-order valence-electron chi connectivity index (χ3n) is 4.80. The van der Waals surface area contributed by atoms with E-state index in [1.54, 1.807) is 12.8 Å². The molecule has 0 heteroatoms. The van der Waals surface area contributed by atoms with Crippen molar-refractivity contribution >= 4 is 0 Å². The smallest absolute Gasteiger partial charge is 0.0269 e. The Morgan fingerprint density at radius 3 is 2.69 bits per heavy atom. The van der Waals surface area contributed by atoms with Crippen LogP contribution in [0.3, 0.4) is 0 Å². The molecular weight excluding hydrogens is 156 g/mol. The van der Waals surface area contributed by atoms with E-state index in [4.69, 9.17) is 0 Å². The second kappa shape index (κ2) is 3.63. The van der Waals surface area contributed by atoms with E-state index in [2.05, 4.69) is 13.8 Å². The normalized spacial score (nSPS) is 45.7. The highest BCUT2D eigenvalue weighted by atomic mass is 14.5. The zero-order chi connectivity index (χ0) is 9.31. The molecule has 2 aliphatic rings. The molecule has 3 atom stereocenters. The van der Waals surface area contributed by atoms with Crippen molar-refractivity contribution in [1.29, 1.82) is 0 Å². The van der Waals surface area contributed by atoms with Gasteiger partial charge in [-0.25, -0.2) is 0 Å². The molecular formula is C13H24. The fourth-order valence-corrected chi connectivity index (χ4v) is 4.05. The van der Waals surface area contributed by atoms with Crippen LogP contribution in [0.1, 0.15) is 65.2 Å². The summed E-state index contributed by atoms with van der Waals surface area (Å²) in [5.74, 6) is 2.10. The highest BCUT2D eigenvalue weighted by molar-refractivity contribution is 4.93. The first-order valence-corrected chi connectivity index (χ1v) is 6.27. The minimum Gasteiger partial charge on any atom is -0.0648 e. The van der Waals surface area contributed by atoms with E-state index in [9.17, 15) is 0 Å². The van der Waals surface area contributed by atoms with Gasteiger partial charge in [-0.1, -0.05) is 39.5 Å². The van der Waals surface area contributed by atoms with Crippen molar-refractivity contribution in [3.05, 3.63) is 0 Å². The lowest BCUT2D eigenvalue weighted by molar-refractivity contribution is 0.157. The first-order chi connectivity index (χ1) is 6.27. The summed E-state index contributed by atoms with van der Waals surface area (Å²) in [7, 11) is 0. The van der Waals surface area contributed by atoms with Crippen molar-refractivity contribution < 1.29 is 0 Å². The molecule has 0 nitrogen and oxygen atoms in total. The predicted octanol–water partition coefficient (Wildman–Crippen LogP) is 4.39. The van der Waals surface area contributed by atoms with E-state index < -0.39 is 0 Å². The highest BCUT2D eigenvalue weighted by Gasteiger charge is 2.42. The Morgan fingerprint density at radius 2 is 1.92 bits per heavy atom. The molecule has 2 rings (SSSR count). The number of hydrogen-bond acceptors (Lipinski definition) is 0. The Hall–Kier alpha value is 0. The lowest BCUT2D eigenvalue weighted by Gasteiger charge is -2.34. The molecule has 0 saturated heterocycles. The minimum atomic E-state index is 0.788. The van der Waals surface area contributed by atoms with Crippen LogP contribution in [0.5, 0.6) is 0 Å². The Bertz CT molecular complexity index is 173. The van der Waals surface area contributed by atoms with Crippen molar-refractivity contribution in [2.24, 2.45) is 17.3 Å². The van der Waals surface area contributed by atoms with Gasteiger partial charge in [-0.15, -0.1) is 0 Å². The molecule has 2 fully saturated rings. The first-order valence-electron chi connectivity index (χ1n) is 6.27. The van der Waals surface area contributed by atoms with Gasteiger partial charge in [0.25, 0.3) is 0 Å². The van der Waals surface area contributed by atoms with Gasteiger partial charge in [0.1, 0.15) is 0 Å². The van der Waals surface area contributed by atoms with Crippen molar-refractivity contribution in [2.45, 2.75) is 65.2 Å². The topological polar surface area (TPSA) is 0 Å². The number of hydrogen-bond donors (Lipinski definition) is 0. The second-order valence-electron chi connectivity index (χ2n) is 5.55. The molecule has 2 aliphatic carbocycles. The van der Waals surface area contributed by atoms with Gasteiger partial charge in [-0.3, -0.25) is 0 Å². The molecule has 0 heterocycles. The molecule has 0 spiro atoms. The van der Waals surface area contributed by atoms with Gasteiger partial charge in [-0.05, 0) is 42.9 Å². The largest absolute Gasteiger partial charge is 0.0648 e. The van der Waals surface area contributed by atoms with E-state index in [1.165, 1.54) is 38.5 Å². The number of rotatable bonds is 1. The van der Waals surface area contributed by atoms with E-state index in [0.29, 0.717) is 0 Å². The third kappa shape index (κ3) is 1.65. The van der Waals surface area contributed by atoms with Gasteiger partial charge in [0, 0.05) is 0 Å². The maximum absolute atomic E-state index is 2.47. The summed E-state index contributed by atoms with van der Waals surface area (Å²) in [6.07, 6.45) is 12.1. The quantitative estimate of drug-likeness (QED) is 0.561. The van der Waals surface area contributed by atoms with Gasteiger partial charge in [0.15, 0.2) is 0 Å². The zero-order valence-corrected chi connectivity index (χ0v) is 9.31. The summed E-state index contributed by atoms with van der Waals surface area (Å²) in [5, 5.41) is 0. The molecule has 0 amide bonds. The number of fused-ring (bicyclic) bond motifs is 1. The van der Waals surface area contributed by atoms with Crippen LogP contribution in [-0.4, -0.2) is 0 Å². The summed E-state index contributed by atoms with van der Waals surface area (Å²) in [6.45, 7) is 4.90.